The molecule has 0 saturated carbocycles. The van der Waals surface area contributed by atoms with Gasteiger partial charge < -0.3 is 15.1 Å². The molecule has 4 rings (SSSR count). The van der Waals surface area contributed by atoms with Crippen molar-refractivity contribution in [1.29, 1.82) is 0 Å². The van der Waals surface area contributed by atoms with Crippen LogP contribution in [0.15, 0.2) is 48.5 Å². The molecule has 0 radical (unpaired) electrons. The van der Waals surface area contributed by atoms with E-state index in [0.717, 1.165) is 53.7 Å². The van der Waals surface area contributed by atoms with Gasteiger partial charge in [-0.15, -0.1) is 0 Å². The molecule has 1 aromatic heterocycles. The van der Waals surface area contributed by atoms with Crippen LogP contribution in [0.2, 0.25) is 0 Å². The van der Waals surface area contributed by atoms with Crippen molar-refractivity contribution in [1.82, 2.24) is 14.9 Å². The number of benzene rings is 2. The Kier molecular flexibility index (Phi) is 6.40. The molecule has 166 valence electrons. The lowest BCUT2D eigenvalue weighted by molar-refractivity contribution is 0.208. The highest BCUT2D eigenvalue weighted by atomic mass is 16.2. The quantitative estimate of drug-likeness (QED) is 0.656. The van der Waals surface area contributed by atoms with Crippen LogP contribution >= 0.6 is 0 Å². The van der Waals surface area contributed by atoms with Crippen molar-refractivity contribution in [3.05, 3.63) is 82.3 Å². The predicted octanol–water partition coefficient (Wildman–Crippen LogP) is 4.66. The van der Waals surface area contributed by atoms with Crippen molar-refractivity contribution in [3.63, 3.8) is 0 Å². The third-order valence-electron chi connectivity index (χ3n) is 5.94. The number of piperazine rings is 1. The van der Waals surface area contributed by atoms with Crippen LogP contribution in [0.4, 0.5) is 16.3 Å². The number of urea groups is 1. The average Bonchev–Trinajstić information content (AvgIpc) is 2.77. The van der Waals surface area contributed by atoms with Crippen molar-refractivity contribution >= 4 is 17.5 Å². The number of amides is 2. The Bertz CT molecular complexity index is 1100. The maximum absolute atomic E-state index is 12.7. The highest BCUT2D eigenvalue weighted by molar-refractivity contribution is 5.89. The van der Waals surface area contributed by atoms with Gasteiger partial charge in [-0.25, -0.2) is 14.8 Å². The van der Waals surface area contributed by atoms with Gasteiger partial charge in [0.2, 0.25) is 0 Å². The monoisotopic (exact) mass is 429 g/mol. The summed E-state index contributed by atoms with van der Waals surface area (Å²) in [6.45, 7) is 10.9. The minimum Gasteiger partial charge on any atom is -0.353 e. The number of carbonyl (C=O) groups excluding carboxylic acids is 1. The van der Waals surface area contributed by atoms with E-state index in [1.54, 1.807) is 0 Å². The molecule has 1 aliphatic rings. The standard InChI is InChI=1S/C26H31N5O/c1-18-8-10-22(11-9-18)17-24-20(3)27-21(4)28-25(24)30-12-14-31(15-13-30)26(32)29-23-7-5-6-19(2)16-23/h5-11,16H,12-15,17H2,1-4H3,(H,29,32). The SMILES string of the molecule is Cc1ccc(Cc2c(C)nc(C)nc2N2CCN(C(=O)Nc3cccc(C)c3)CC2)cc1. The lowest BCUT2D eigenvalue weighted by Crippen LogP contribution is -2.50. The predicted molar refractivity (Wildman–Crippen MR) is 129 cm³/mol. The summed E-state index contributed by atoms with van der Waals surface area (Å²) in [7, 11) is 0. The normalized spacial score (nSPS) is 13.9. The van der Waals surface area contributed by atoms with Gasteiger partial charge in [0.05, 0.1) is 0 Å². The number of hydrogen-bond donors (Lipinski definition) is 1. The Morgan fingerprint density at radius 3 is 2.31 bits per heavy atom. The van der Waals surface area contributed by atoms with E-state index in [2.05, 4.69) is 53.3 Å². The van der Waals surface area contributed by atoms with Crippen molar-refractivity contribution in [2.75, 3.05) is 36.4 Å². The van der Waals surface area contributed by atoms with Gasteiger partial charge in [-0.05, 0) is 51.0 Å². The van der Waals surface area contributed by atoms with Crippen LogP contribution in [0.5, 0.6) is 0 Å². The summed E-state index contributed by atoms with van der Waals surface area (Å²) in [5.41, 5.74) is 6.65. The van der Waals surface area contributed by atoms with E-state index in [4.69, 9.17) is 4.98 Å². The third-order valence-corrected chi connectivity index (χ3v) is 5.94. The zero-order valence-corrected chi connectivity index (χ0v) is 19.4. The molecule has 6 heteroatoms. The first-order valence-electron chi connectivity index (χ1n) is 11.2. The fraction of sp³-hybridized carbons (Fsp3) is 0.346. The molecule has 2 amide bonds. The average molecular weight is 430 g/mol. The molecule has 1 saturated heterocycles. The molecule has 0 spiro atoms. The van der Waals surface area contributed by atoms with Gasteiger partial charge in [-0.1, -0.05) is 42.0 Å². The Hall–Kier alpha value is -3.41. The third kappa shape index (κ3) is 5.07. The zero-order chi connectivity index (χ0) is 22.7. The molecular formula is C26H31N5O. The van der Waals surface area contributed by atoms with Crippen LogP contribution in [-0.2, 0) is 6.42 Å². The Morgan fingerprint density at radius 1 is 0.906 bits per heavy atom. The molecule has 1 N–H and O–H groups in total. The van der Waals surface area contributed by atoms with E-state index in [-0.39, 0.29) is 6.03 Å². The van der Waals surface area contributed by atoms with Crippen LogP contribution in [0.3, 0.4) is 0 Å². The number of carbonyl (C=O) groups is 1. The van der Waals surface area contributed by atoms with E-state index >= 15 is 0 Å². The second-order valence-corrected chi connectivity index (χ2v) is 8.59. The Balaban J connectivity index is 1.47. The summed E-state index contributed by atoms with van der Waals surface area (Å²) >= 11 is 0. The van der Waals surface area contributed by atoms with Crippen LogP contribution < -0.4 is 10.2 Å². The highest BCUT2D eigenvalue weighted by Crippen LogP contribution is 2.25. The molecule has 1 fully saturated rings. The summed E-state index contributed by atoms with van der Waals surface area (Å²) in [4.78, 5) is 26.3. The van der Waals surface area contributed by atoms with Crippen LogP contribution in [0.1, 0.15) is 33.8 Å². The fourth-order valence-electron chi connectivity index (χ4n) is 4.14. The number of aromatic nitrogens is 2. The number of hydrogen-bond acceptors (Lipinski definition) is 4. The van der Waals surface area contributed by atoms with Gasteiger partial charge in [-0.3, -0.25) is 0 Å². The summed E-state index contributed by atoms with van der Waals surface area (Å²) in [5.74, 6) is 1.78. The fourth-order valence-corrected chi connectivity index (χ4v) is 4.14. The number of rotatable bonds is 4. The van der Waals surface area contributed by atoms with Crippen molar-refractivity contribution in [2.45, 2.75) is 34.1 Å². The molecule has 6 nitrogen and oxygen atoms in total. The first kappa shape index (κ1) is 21.8. The van der Waals surface area contributed by atoms with Gasteiger partial charge in [0, 0.05) is 49.5 Å². The summed E-state index contributed by atoms with van der Waals surface area (Å²) in [6, 6.07) is 16.5. The largest absolute Gasteiger partial charge is 0.353 e. The molecular weight excluding hydrogens is 398 g/mol. The summed E-state index contributed by atoms with van der Waals surface area (Å²) < 4.78 is 0. The lowest BCUT2D eigenvalue weighted by atomic mass is 10.0. The van der Waals surface area contributed by atoms with Crippen molar-refractivity contribution < 1.29 is 4.79 Å². The smallest absolute Gasteiger partial charge is 0.321 e. The molecule has 0 aliphatic carbocycles. The number of anilines is 2. The Labute approximate surface area is 190 Å². The van der Waals surface area contributed by atoms with Crippen molar-refractivity contribution in [3.8, 4) is 0 Å². The summed E-state index contributed by atoms with van der Waals surface area (Å²) in [5, 5.41) is 3.02. The number of nitrogens with one attached hydrogen (secondary N) is 1. The molecule has 2 heterocycles. The zero-order valence-electron chi connectivity index (χ0n) is 19.4. The van der Waals surface area contributed by atoms with Gasteiger partial charge in [0.15, 0.2) is 0 Å². The molecule has 0 atom stereocenters. The molecule has 2 aromatic carbocycles. The maximum Gasteiger partial charge on any atom is 0.321 e. The van der Waals surface area contributed by atoms with E-state index in [9.17, 15) is 4.79 Å². The number of aryl methyl sites for hydroxylation is 4. The van der Waals surface area contributed by atoms with Gasteiger partial charge in [-0.2, -0.15) is 0 Å². The van der Waals surface area contributed by atoms with Gasteiger partial charge in [0.1, 0.15) is 11.6 Å². The van der Waals surface area contributed by atoms with Crippen molar-refractivity contribution in [2.24, 2.45) is 0 Å². The summed E-state index contributed by atoms with van der Waals surface area (Å²) in [6.07, 6.45) is 0.801. The van der Waals surface area contributed by atoms with Crippen LogP contribution in [-0.4, -0.2) is 47.1 Å². The second-order valence-electron chi connectivity index (χ2n) is 8.59. The highest BCUT2D eigenvalue weighted by Gasteiger charge is 2.25. The topological polar surface area (TPSA) is 61.4 Å². The van der Waals surface area contributed by atoms with Crippen LogP contribution in [0.25, 0.3) is 0 Å². The van der Waals surface area contributed by atoms with Gasteiger partial charge in [0.25, 0.3) is 0 Å². The maximum atomic E-state index is 12.7. The van der Waals surface area contributed by atoms with Crippen LogP contribution in [0, 0.1) is 27.7 Å². The van der Waals surface area contributed by atoms with E-state index < -0.39 is 0 Å². The minimum atomic E-state index is -0.0508. The minimum absolute atomic E-state index is 0.0508. The molecule has 32 heavy (non-hydrogen) atoms. The number of nitrogens with zero attached hydrogens (tertiary/aromatic N) is 4. The first-order valence-corrected chi connectivity index (χ1v) is 11.2. The molecule has 3 aromatic rings. The second kappa shape index (κ2) is 9.39. The lowest BCUT2D eigenvalue weighted by Gasteiger charge is -2.36. The molecule has 1 aliphatic heterocycles. The molecule has 0 bridgehead atoms. The molecule has 0 unspecified atom stereocenters. The van der Waals surface area contributed by atoms with E-state index in [1.807, 2.05) is 43.0 Å². The Morgan fingerprint density at radius 2 is 1.62 bits per heavy atom. The first-order chi connectivity index (χ1) is 15.4. The van der Waals surface area contributed by atoms with E-state index in [1.165, 1.54) is 11.1 Å². The van der Waals surface area contributed by atoms with E-state index in [0.29, 0.717) is 13.1 Å². The van der Waals surface area contributed by atoms with Gasteiger partial charge >= 0.3 is 6.03 Å².